The molecule has 1 aliphatic rings. The molecule has 0 saturated carbocycles. The fourth-order valence-electron chi connectivity index (χ4n) is 7.37. The Morgan fingerprint density at radius 3 is 1.51 bits per heavy atom. The van der Waals surface area contributed by atoms with Gasteiger partial charge in [-0.25, -0.2) is 15.0 Å². The minimum Gasteiger partial charge on any atom is -0.264 e. The van der Waals surface area contributed by atoms with Crippen molar-refractivity contribution in [3.05, 3.63) is 205 Å². The molecule has 4 nitrogen and oxygen atoms in total. The van der Waals surface area contributed by atoms with Crippen LogP contribution in [0.15, 0.2) is 182 Å². The van der Waals surface area contributed by atoms with Crippen LogP contribution in [0, 0.1) is 0 Å². The molecule has 9 rings (SSSR count). The summed E-state index contributed by atoms with van der Waals surface area (Å²) in [5.41, 5.74) is 11.7. The van der Waals surface area contributed by atoms with Crippen LogP contribution >= 0.6 is 0 Å². The van der Waals surface area contributed by atoms with Crippen LogP contribution in [0.5, 0.6) is 0 Å². The van der Waals surface area contributed by atoms with Crippen molar-refractivity contribution >= 4 is 0 Å². The zero-order valence-corrected chi connectivity index (χ0v) is 26.6. The van der Waals surface area contributed by atoms with Gasteiger partial charge in [0.2, 0.25) is 0 Å². The van der Waals surface area contributed by atoms with E-state index in [2.05, 4.69) is 151 Å². The Hall–Kier alpha value is -6.52. The van der Waals surface area contributed by atoms with Crippen LogP contribution in [-0.2, 0) is 5.41 Å². The highest BCUT2D eigenvalue weighted by atomic mass is 15.0. The summed E-state index contributed by atoms with van der Waals surface area (Å²) in [5, 5.41) is 0. The highest BCUT2D eigenvalue weighted by Gasteiger charge is 2.46. The van der Waals surface area contributed by atoms with E-state index in [0.717, 1.165) is 33.4 Å². The highest BCUT2D eigenvalue weighted by Crippen LogP contribution is 2.58. The summed E-state index contributed by atoms with van der Waals surface area (Å²) in [6.07, 6.45) is 3.67. The molecule has 0 atom stereocenters. The molecule has 0 aliphatic heterocycles. The van der Waals surface area contributed by atoms with Gasteiger partial charge in [-0.1, -0.05) is 164 Å². The van der Waals surface area contributed by atoms with Crippen LogP contribution in [0.3, 0.4) is 0 Å². The largest absolute Gasteiger partial charge is 0.264 e. The molecule has 8 aromatic rings. The first-order chi connectivity index (χ1) is 24.3. The van der Waals surface area contributed by atoms with Crippen molar-refractivity contribution < 1.29 is 0 Å². The Bertz CT molecular complexity index is 2370. The maximum atomic E-state index is 5.21. The van der Waals surface area contributed by atoms with Crippen LogP contribution in [-0.4, -0.2) is 19.9 Å². The third-order valence-electron chi connectivity index (χ3n) is 9.53. The number of benzene rings is 6. The second-order valence-electron chi connectivity index (χ2n) is 12.2. The van der Waals surface area contributed by atoms with Gasteiger partial charge in [0.05, 0.1) is 5.41 Å². The van der Waals surface area contributed by atoms with E-state index in [4.69, 9.17) is 15.0 Å². The van der Waals surface area contributed by atoms with Crippen LogP contribution in [0.2, 0.25) is 0 Å². The first kappa shape index (κ1) is 28.7. The third-order valence-corrected chi connectivity index (χ3v) is 9.53. The lowest BCUT2D eigenvalue weighted by atomic mass is 9.67. The average Bonchev–Trinajstić information content (AvgIpc) is 3.50. The van der Waals surface area contributed by atoms with Gasteiger partial charge in [-0.3, -0.25) is 4.98 Å². The standard InChI is InChI=1S/C45H30N4/c1-4-14-32(15-5-1)42-47-43(33-27-25-31(26-28-33)34-16-13-29-46-30-34)49-44(48-42)38-22-12-24-40-41(38)37-21-10-11-23-39(37)45(40,35-17-6-2-7-18-35)36-19-8-3-9-20-36/h1-30H. The normalized spacial score (nSPS) is 12.7. The molecule has 0 amide bonds. The van der Waals surface area contributed by atoms with Gasteiger partial charge in [0.15, 0.2) is 17.5 Å². The van der Waals surface area contributed by atoms with Gasteiger partial charge in [0.25, 0.3) is 0 Å². The van der Waals surface area contributed by atoms with E-state index in [1.54, 1.807) is 6.20 Å². The lowest BCUT2D eigenvalue weighted by molar-refractivity contribution is 0.768. The molecule has 6 aromatic carbocycles. The van der Waals surface area contributed by atoms with E-state index in [9.17, 15) is 0 Å². The molecule has 1 aliphatic carbocycles. The maximum Gasteiger partial charge on any atom is 0.164 e. The molecule has 0 radical (unpaired) electrons. The van der Waals surface area contributed by atoms with Crippen molar-refractivity contribution in [3.8, 4) is 56.4 Å². The summed E-state index contributed by atoms with van der Waals surface area (Å²) in [4.78, 5) is 19.7. The smallest absolute Gasteiger partial charge is 0.164 e. The predicted molar refractivity (Wildman–Crippen MR) is 197 cm³/mol. The van der Waals surface area contributed by atoms with Crippen molar-refractivity contribution in [2.75, 3.05) is 0 Å². The molecular weight excluding hydrogens is 597 g/mol. The monoisotopic (exact) mass is 626 g/mol. The van der Waals surface area contributed by atoms with E-state index in [1.165, 1.54) is 27.8 Å². The molecule has 0 bridgehead atoms. The molecule has 2 aromatic heterocycles. The number of rotatable bonds is 6. The molecular formula is C45H30N4. The maximum absolute atomic E-state index is 5.21. The zero-order chi connectivity index (χ0) is 32.6. The lowest BCUT2D eigenvalue weighted by Crippen LogP contribution is -2.28. The fraction of sp³-hybridized carbons (Fsp3) is 0.0222. The van der Waals surface area contributed by atoms with Crippen molar-refractivity contribution in [2.45, 2.75) is 5.41 Å². The molecule has 4 heteroatoms. The molecule has 0 spiro atoms. The van der Waals surface area contributed by atoms with E-state index in [0.29, 0.717) is 17.5 Å². The fourth-order valence-corrected chi connectivity index (χ4v) is 7.37. The number of pyridine rings is 1. The summed E-state index contributed by atoms with van der Waals surface area (Å²) in [5.74, 6) is 1.91. The van der Waals surface area contributed by atoms with E-state index < -0.39 is 5.41 Å². The SMILES string of the molecule is c1ccc(-c2nc(-c3ccc(-c4cccnc4)cc3)nc(-c3cccc4c3-c3ccccc3C4(c3ccccc3)c3ccccc3)n2)cc1. The molecule has 230 valence electrons. The first-order valence-electron chi connectivity index (χ1n) is 16.5. The Kier molecular flexibility index (Phi) is 6.98. The molecule has 0 fully saturated rings. The average molecular weight is 627 g/mol. The van der Waals surface area contributed by atoms with Gasteiger partial charge in [-0.05, 0) is 50.6 Å². The first-order valence-corrected chi connectivity index (χ1v) is 16.5. The highest BCUT2D eigenvalue weighted by molar-refractivity contribution is 5.94. The van der Waals surface area contributed by atoms with Crippen molar-refractivity contribution in [1.29, 1.82) is 0 Å². The minimum atomic E-state index is -0.509. The number of fused-ring (bicyclic) bond motifs is 3. The van der Waals surface area contributed by atoms with Gasteiger partial charge in [-0.2, -0.15) is 0 Å². The molecule has 2 heterocycles. The van der Waals surface area contributed by atoms with Gasteiger partial charge in [0.1, 0.15) is 0 Å². The summed E-state index contributed by atoms with van der Waals surface area (Å²) in [6.45, 7) is 0. The number of hydrogen-bond donors (Lipinski definition) is 0. The van der Waals surface area contributed by atoms with Gasteiger partial charge in [0, 0.05) is 29.1 Å². The van der Waals surface area contributed by atoms with Crippen LogP contribution in [0.4, 0.5) is 0 Å². The molecule has 0 N–H and O–H groups in total. The van der Waals surface area contributed by atoms with E-state index in [1.807, 2.05) is 30.5 Å². The topological polar surface area (TPSA) is 51.6 Å². The van der Waals surface area contributed by atoms with E-state index in [-0.39, 0.29) is 0 Å². The predicted octanol–water partition coefficient (Wildman–Crippen LogP) is 10.3. The Labute approximate surface area is 285 Å². The summed E-state index contributed by atoms with van der Waals surface area (Å²) >= 11 is 0. The number of nitrogens with zero attached hydrogens (tertiary/aromatic N) is 4. The number of hydrogen-bond acceptors (Lipinski definition) is 4. The van der Waals surface area contributed by atoms with E-state index >= 15 is 0 Å². The minimum absolute atomic E-state index is 0.509. The Balaban J connectivity index is 1.29. The molecule has 0 saturated heterocycles. The Morgan fingerprint density at radius 1 is 0.347 bits per heavy atom. The molecule has 49 heavy (non-hydrogen) atoms. The number of aromatic nitrogens is 4. The van der Waals surface area contributed by atoms with Crippen molar-refractivity contribution in [1.82, 2.24) is 19.9 Å². The zero-order valence-electron chi connectivity index (χ0n) is 26.6. The molecule has 0 unspecified atom stereocenters. The quantitative estimate of drug-likeness (QED) is 0.184. The Morgan fingerprint density at radius 2 is 0.857 bits per heavy atom. The van der Waals surface area contributed by atoms with Gasteiger partial charge in [-0.15, -0.1) is 0 Å². The van der Waals surface area contributed by atoms with Gasteiger partial charge >= 0.3 is 0 Å². The lowest BCUT2D eigenvalue weighted by Gasteiger charge is -2.33. The van der Waals surface area contributed by atoms with Gasteiger partial charge < -0.3 is 0 Å². The second-order valence-corrected chi connectivity index (χ2v) is 12.2. The van der Waals surface area contributed by atoms with Crippen LogP contribution in [0.1, 0.15) is 22.3 Å². The summed E-state index contributed by atoms with van der Waals surface area (Å²) in [7, 11) is 0. The van der Waals surface area contributed by atoms with Crippen molar-refractivity contribution in [2.24, 2.45) is 0 Å². The third kappa shape index (κ3) is 4.77. The second kappa shape index (κ2) is 11.9. The summed E-state index contributed by atoms with van der Waals surface area (Å²) < 4.78 is 0. The van der Waals surface area contributed by atoms with Crippen molar-refractivity contribution in [3.63, 3.8) is 0 Å². The van der Waals surface area contributed by atoms with Crippen LogP contribution in [0.25, 0.3) is 56.4 Å². The van der Waals surface area contributed by atoms with Crippen LogP contribution < -0.4 is 0 Å². The summed E-state index contributed by atoms with van der Waals surface area (Å²) in [6, 6.07) is 59.6.